The maximum Gasteiger partial charge on any atom is 0.0752 e. The minimum absolute atomic E-state index is 0.683. The highest BCUT2D eigenvalue weighted by Crippen LogP contribution is 2.32. The van der Waals surface area contributed by atoms with Crippen molar-refractivity contribution >= 4 is 0 Å². The van der Waals surface area contributed by atoms with Gasteiger partial charge in [-0.2, -0.15) is 0 Å². The molecule has 0 atom stereocenters. The number of nitrogens with zero attached hydrogens (tertiary/aromatic N) is 24. The molecule has 0 saturated carbocycles. The molecule has 24 aromatic heterocycles. The van der Waals surface area contributed by atoms with Gasteiger partial charge >= 0.3 is 0 Å². The zero-order chi connectivity index (χ0) is 101. The van der Waals surface area contributed by atoms with Crippen molar-refractivity contribution in [3.8, 4) is 135 Å². The van der Waals surface area contributed by atoms with Gasteiger partial charge in [0.25, 0.3) is 0 Å². The fourth-order valence-electron chi connectivity index (χ4n) is 16.4. The van der Waals surface area contributed by atoms with E-state index in [1.165, 1.54) is 16.7 Å². The summed E-state index contributed by atoms with van der Waals surface area (Å²) >= 11 is 0. The quantitative estimate of drug-likeness (QED) is 0.0542. The van der Waals surface area contributed by atoms with E-state index in [2.05, 4.69) is 148 Å². The summed E-state index contributed by atoms with van der Waals surface area (Å²) in [7, 11) is 0. The first-order valence-corrected chi connectivity index (χ1v) is 48.6. The van der Waals surface area contributed by atoms with E-state index in [-0.39, 0.29) is 0 Å². The largest absolute Gasteiger partial charge is 0.264 e. The molecule has 0 aromatic carbocycles. The molecule has 24 rings (SSSR count). The second-order valence-electron chi connectivity index (χ2n) is 34.3. The molecule has 24 heteroatoms. The summed E-state index contributed by atoms with van der Waals surface area (Å²) in [5.41, 5.74) is 36.8. The molecule has 0 aliphatic rings. The monoisotopic (exact) mass is 1940 g/mol. The molecule has 0 aliphatic heterocycles. The molecule has 0 fully saturated rings. The van der Waals surface area contributed by atoms with Crippen LogP contribution in [0.15, 0.2) is 514 Å². The summed E-state index contributed by atoms with van der Waals surface area (Å²) in [6, 6.07) is 104. The molecular weight excluding hydrogens is 1850 g/mol. The molecule has 0 spiro atoms. The molecule has 720 valence electrons. The summed E-state index contributed by atoms with van der Waals surface area (Å²) in [6.45, 7) is 0. The molecular formula is C126H96N24. The van der Waals surface area contributed by atoms with Crippen molar-refractivity contribution in [2.45, 2.75) is 38.5 Å². The fraction of sp³-hybridized carbons (Fsp3) is 0.0476. The normalized spacial score (nSPS) is 10.6. The van der Waals surface area contributed by atoms with Gasteiger partial charge in [0.15, 0.2) is 0 Å². The Labute approximate surface area is 868 Å². The summed E-state index contributed by atoms with van der Waals surface area (Å²) in [4.78, 5) is 105. The number of hydrogen-bond acceptors (Lipinski definition) is 24. The highest BCUT2D eigenvalue weighted by molar-refractivity contribution is 5.70. The Balaban J connectivity index is 0.000000113. The van der Waals surface area contributed by atoms with Crippen molar-refractivity contribution < 1.29 is 0 Å². The molecule has 150 heavy (non-hydrogen) atoms. The third-order valence-electron chi connectivity index (χ3n) is 23.7. The van der Waals surface area contributed by atoms with Crippen molar-refractivity contribution in [1.29, 1.82) is 0 Å². The lowest BCUT2D eigenvalue weighted by Gasteiger charge is -2.11. The standard InChI is InChI=1S/6C21H16N4/c1-7-18(24-20(9-1)16-5-3-11-22-14-16)13-19-8-2-10-21(25-19)17-6-4-12-23-15-17;1-7-18(14-22-9-1)20-16(5-3-11-24-20)13-17-6-4-12-25-21(17)19-8-2-10-23-15-19;1-6-19(25-21(7-1)18-5-3-11-23-15-18)12-16-8-9-20(24-13-16)17-4-2-10-22-14-17;1-6-19(25-20(7-1)17-4-2-9-22-14-17)12-16-8-11-24-21(13-16)18-5-3-10-23-15-18;1-3-18(14-22-9-1)20-7-5-16(12-24-20)11-17-6-8-21(25-13-17)19-4-2-10-23-15-19;1-3-18(14-22-7-1)20-12-16(5-9-24-20)11-17-6-10-25-21(13-17)19-4-2-8-23-15-19/h2*1-12,14-15H,13H2;2*1-11,13-15H,12H2;2*1-10,12-15H,11H2. The van der Waals surface area contributed by atoms with E-state index in [9.17, 15) is 0 Å². The van der Waals surface area contributed by atoms with Crippen LogP contribution in [0, 0.1) is 0 Å². The second kappa shape index (κ2) is 51.5. The van der Waals surface area contributed by atoms with Gasteiger partial charge in [0.05, 0.1) is 68.3 Å². The predicted molar refractivity (Wildman–Crippen MR) is 586 cm³/mol. The van der Waals surface area contributed by atoms with E-state index < -0.39 is 0 Å². The van der Waals surface area contributed by atoms with Gasteiger partial charge in [-0.1, -0.05) is 54.6 Å². The Bertz CT molecular complexity index is 7510. The van der Waals surface area contributed by atoms with Gasteiger partial charge < -0.3 is 0 Å². The highest BCUT2D eigenvalue weighted by Gasteiger charge is 2.16. The van der Waals surface area contributed by atoms with Crippen molar-refractivity contribution in [2.24, 2.45) is 0 Å². The Hall–Kier alpha value is -20.4. The van der Waals surface area contributed by atoms with Crippen LogP contribution in [0.25, 0.3) is 135 Å². The van der Waals surface area contributed by atoms with E-state index >= 15 is 0 Å². The average Bonchev–Trinajstić information content (AvgIpc) is 0.808. The Morgan fingerprint density at radius 2 is 0.353 bits per heavy atom. The first-order valence-electron chi connectivity index (χ1n) is 48.6. The van der Waals surface area contributed by atoms with Gasteiger partial charge in [0.1, 0.15) is 0 Å². The second-order valence-corrected chi connectivity index (χ2v) is 34.3. The maximum atomic E-state index is 4.77. The third kappa shape index (κ3) is 28.1. The Morgan fingerprint density at radius 3 is 0.613 bits per heavy atom. The smallest absolute Gasteiger partial charge is 0.0752 e. The zero-order valence-corrected chi connectivity index (χ0v) is 81.5. The molecule has 24 heterocycles. The highest BCUT2D eigenvalue weighted by atomic mass is 14.8. The number of aromatic nitrogens is 24. The van der Waals surface area contributed by atoms with Crippen molar-refractivity contribution in [1.82, 2.24) is 120 Å². The fourth-order valence-corrected chi connectivity index (χ4v) is 16.4. The topological polar surface area (TPSA) is 309 Å². The van der Waals surface area contributed by atoms with Crippen LogP contribution >= 0.6 is 0 Å². The van der Waals surface area contributed by atoms with Gasteiger partial charge in [-0.3, -0.25) is 120 Å². The van der Waals surface area contributed by atoms with E-state index in [4.69, 9.17) is 19.9 Å². The number of rotatable bonds is 24. The third-order valence-corrected chi connectivity index (χ3v) is 23.7. The van der Waals surface area contributed by atoms with Gasteiger partial charge in [-0.25, -0.2) is 0 Å². The summed E-state index contributed by atoms with van der Waals surface area (Å²) in [5.74, 6) is 0. The molecule has 24 aromatic rings. The lowest BCUT2D eigenvalue weighted by Crippen LogP contribution is -1.98. The molecule has 0 aliphatic carbocycles. The van der Waals surface area contributed by atoms with Gasteiger partial charge in [0.2, 0.25) is 0 Å². The average molecular weight is 1950 g/mol. The van der Waals surface area contributed by atoms with E-state index in [1.807, 2.05) is 391 Å². The van der Waals surface area contributed by atoms with Crippen LogP contribution in [0.2, 0.25) is 0 Å². The Kier molecular flexibility index (Phi) is 33.8. The van der Waals surface area contributed by atoms with Crippen LogP contribution in [0.5, 0.6) is 0 Å². The van der Waals surface area contributed by atoms with E-state index in [0.717, 1.165) is 218 Å². The summed E-state index contributed by atoms with van der Waals surface area (Å²) in [6.07, 6.45) is 62.6. The SMILES string of the molecule is c1cncc(-c2cc(Cc3cccc(-c4cccnc4)n3)ccn2)c1.c1cncc(-c2cc(Cc3ccnc(-c4cccnc4)c3)ccn2)c1.c1cncc(-c2ccc(Cc3ccc(-c4cccnc4)nc3)cn2)c1.c1cncc(-c2ccc(Cc3cccc(-c4cccnc4)n3)cn2)c1.c1cncc(-c2cccc(Cc3cccc(-c4cccnc4)n3)n2)c1.c1cncc(-c2ncccc2Cc2cccnc2-c2cccnc2)c1. The first-order chi connectivity index (χ1) is 74.3. The van der Waals surface area contributed by atoms with Gasteiger partial charge in [-0.15, -0.1) is 0 Å². The Morgan fingerprint density at radius 1 is 0.127 bits per heavy atom. The molecule has 24 nitrogen and oxygen atoms in total. The van der Waals surface area contributed by atoms with Crippen LogP contribution in [0.3, 0.4) is 0 Å². The molecule has 0 saturated heterocycles. The van der Waals surface area contributed by atoms with Gasteiger partial charge in [0, 0.05) is 320 Å². The number of hydrogen-bond donors (Lipinski definition) is 0. The van der Waals surface area contributed by atoms with Crippen LogP contribution < -0.4 is 0 Å². The summed E-state index contributed by atoms with van der Waals surface area (Å²) in [5, 5.41) is 0. The van der Waals surface area contributed by atoms with Crippen LogP contribution in [0.1, 0.15) is 67.3 Å². The molecule has 0 unspecified atom stereocenters. The van der Waals surface area contributed by atoms with Crippen molar-refractivity contribution in [3.63, 3.8) is 0 Å². The van der Waals surface area contributed by atoms with Crippen LogP contribution in [-0.4, -0.2) is 120 Å². The van der Waals surface area contributed by atoms with Crippen LogP contribution in [0.4, 0.5) is 0 Å². The number of pyridine rings is 24. The minimum Gasteiger partial charge on any atom is -0.264 e. The lowest BCUT2D eigenvalue weighted by atomic mass is 9.97. The van der Waals surface area contributed by atoms with Crippen molar-refractivity contribution in [2.75, 3.05) is 0 Å². The van der Waals surface area contributed by atoms with E-state index in [1.54, 1.807) is 74.4 Å². The predicted octanol–water partition coefficient (Wildman–Crippen LogP) is 25.1. The first kappa shape index (κ1) is 98.4. The minimum atomic E-state index is 0.683. The molecule has 0 amide bonds. The lowest BCUT2D eigenvalue weighted by molar-refractivity contribution is 1.02. The van der Waals surface area contributed by atoms with Crippen molar-refractivity contribution in [3.05, 3.63) is 581 Å². The molecule has 0 N–H and O–H groups in total. The van der Waals surface area contributed by atoms with E-state index in [0.29, 0.717) is 6.42 Å². The molecule has 0 bridgehead atoms. The zero-order valence-electron chi connectivity index (χ0n) is 81.5. The van der Waals surface area contributed by atoms with Crippen LogP contribution in [-0.2, 0) is 38.5 Å². The molecule has 0 radical (unpaired) electrons. The summed E-state index contributed by atoms with van der Waals surface area (Å²) < 4.78 is 0. The van der Waals surface area contributed by atoms with Gasteiger partial charge in [-0.05, 0) is 312 Å². The maximum absolute atomic E-state index is 4.77.